The molecule has 1 rings (SSSR count). The molecule has 1 saturated heterocycles. The van der Waals surface area contributed by atoms with Crippen molar-refractivity contribution >= 4 is 6.21 Å². The number of piperidine rings is 1. The summed E-state index contributed by atoms with van der Waals surface area (Å²) >= 11 is 0. The largest absolute Gasteiger partial charge is 0.306 e. The van der Waals surface area contributed by atoms with Crippen LogP contribution in [0.3, 0.4) is 0 Å². The Morgan fingerprint density at radius 2 is 2.00 bits per heavy atom. The number of hydrogen-bond acceptors (Lipinski definition) is 2. The molecule has 0 saturated carbocycles. The van der Waals surface area contributed by atoms with Crippen molar-refractivity contribution in [2.45, 2.75) is 12.8 Å². The number of rotatable bonds is 1. The van der Waals surface area contributed by atoms with Gasteiger partial charge < -0.3 is 9.89 Å². The molecular formula is C8H16N2. The second-order valence-corrected chi connectivity index (χ2v) is 3.05. The number of aliphatic imine (C=N–C) groups is 1. The second-order valence-electron chi connectivity index (χ2n) is 3.05. The zero-order valence-corrected chi connectivity index (χ0v) is 6.88. The molecule has 1 aliphatic rings. The van der Waals surface area contributed by atoms with Crippen molar-refractivity contribution in [3.05, 3.63) is 0 Å². The Balaban J connectivity index is 2.26. The number of likely N-dealkylation sites (tertiary alicyclic amines) is 1. The lowest BCUT2D eigenvalue weighted by molar-refractivity contribution is 0.254. The highest BCUT2D eigenvalue weighted by molar-refractivity contribution is 5.60. The normalized spacial score (nSPS) is 24.2. The second kappa shape index (κ2) is 3.71. The van der Waals surface area contributed by atoms with Gasteiger partial charge in [-0.1, -0.05) is 0 Å². The molecule has 10 heavy (non-hydrogen) atoms. The van der Waals surface area contributed by atoms with Crippen LogP contribution in [0, 0.1) is 5.92 Å². The van der Waals surface area contributed by atoms with E-state index >= 15 is 0 Å². The lowest BCUT2D eigenvalue weighted by Crippen LogP contribution is -2.30. The summed E-state index contributed by atoms with van der Waals surface area (Å²) in [6.45, 7) is 2.47. The minimum Gasteiger partial charge on any atom is -0.306 e. The van der Waals surface area contributed by atoms with Crippen LogP contribution in [0.25, 0.3) is 0 Å². The van der Waals surface area contributed by atoms with E-state index in [9.17, 15) is 0 Å². The molecule has 0 unspecified atom stereocenters. The van der Waals surface area contributed by atoms with Gasteiger partial charge in [0.15, 0.2) is 0 Å². The van der Waals surface area contributed by atoms with E-state index < -0.39 is 0 Å². The van der Waals surface area contributed by atoms with Gasteiger partial charge in [0.1, 0.15) is 0 Å². The molecule has 0 aromatic heterocycles. The molecule has 0 atom stereocenters. The van der Waals surface area contributed by atoms with Crippen LogP contribution in [0.15, 0.2) is 4.99 Å². The van der Waals surface area contributed by atoms with E-state index in [-0.39, 0.29) is 0 Å². The van der Waals surface area contributed by atoms with E-state index in [1.807, 2.05) is 7.05 Å². The summed E-state index contributed by atoms with van der Waals surface area (Å²) in [5.41, 5.74) is 0. The Morgan fingerprint density at radius 1 is 1.40 bits per heavy atom. The maximum atomic E-state index is 4.04. The van der Waals surface area contributed by atoms with Crippen molar-refractivity contribution in [2.24, 2.45) is 10.9 Å². The zero-order chi connectivity index (χ0) is 7.40. The topological polar surface area (TPSA) is 15.6 Å². The van der Waals surface area contributed by atoms with E-state index in [1.165, 1.54) is 25.9 Å². The summed E-state index contributed by atoms with van der Waals surface area (Å²) in [7, 11) is 4.04. The quantitative estimate of drug-likeness (QED) is 0.497. The van der Waals surface area contributed by atoms with Crippen LogP contribution >= 0.6 is 0 Å². The first-order valence-corrected chi connectivity index (χ1v) is 3.93. The van der Waals surface area contributed by atoms with Crippen LogP contribution in [0.5, 0.6) is 0 Å². The Morgan fingerprint density at radius 3 is 2.50 bits per heavy atom. The van der Waals surface area contributed by atoms with Gasteiger partial charge in [-0.15, -0.1) is 0 Å². The SMILES string of the molecule is CN=CC1CCN(C)CC1. The van der Waals surface area contributed by atoms with Gasteiger partial charge in [-0.25, -0.2) is 0 Å². The van der Waals surface area contributed by atoms with E-state index in [0.717, 1.165) is 5.92 Å². The monoisotopic (exact) mass is 140 g/mol. The molecular weight excluding hydrogens is 124 g/mol. The fraction of sp³-hybridized carbons (Fsp3) is 0.875. The highest BCUT2D eigenvalue weighted by atomic mass is 15.1. The maximum absolute atomic E-state index is 4.04. The number of nitrogens with zero attached hydrogens (tertiary/aromatic N) is 2. The molecule has 0 bridgehead atoms. The fourth-order valence-corrected chi connectivity index (χ4v) is 1.39. The molecule has 1 aliphatic heterocycles. The van der Waals surface area contributed by atoms with Gasteiger partial charge in [0.25, 0.3) is 0 Å². The molecule has 58 valence electrons. The van der Waals surface area contributed by atoms with Crippen LogP contribution in [0.1, 0.15) is 12.8 Å². The third-order valence-corrected chi connectivity index (χ3v) is 2.12. The minimum atomic E-state index is 0.751. The first-order chi connectivity index (χ1) is 4.83. The Labute approximate surface area is 62.9 Å². The highest BCUT2D eigenvalue weighted by Crippen LogP contribution is 2.12. The lowest BCUT2D eigenvalue weighted by atomic mass is 9.99. The van der Waals surface area contributed by atoms with Gasteiger partial charge in [-0.2, -0.15) is 0 Å². The average molecular weight is 140 g/mol. The molecule has 2 nitrogen and oxygen atoms in total. The lowest BCUT2D eigenvalue weighted by Gasteiger charge is -2.26. The van der Waals surface area contributed by atoms with Gasteiger partial charge in [0.2, 0.25) is 0 Å². The van der Waals surface area contributed by atoms with Crippen molar-refractivity contribution in [3.8, 4) is 0 Å². The van der Waals surface area contributed by atoms with E-state index in [2.05, 4.69) is 23.2 Å². The Bertz CT molecular complexity index is 112. The number of hydrogen-bond donors (Lipinski definition) is 0. The third-order valence-electron chi connectivity index (χ3n) is 2.12. The summed E-state index contributed by atoms with van der Waals surface area (Å²) in [4.78, 5) is 6.42. The average Bonchev–Trinajstić information content (AvgIpc) is 1.95. The summed E-state index contributed by atoms with van der Waals surface area (Å²) in [6, 6.07) is 0. The van der Waals surface area contributed by atoms with E-state index in [4.69, 9.17) is 0 Å². The molecule has 0 aromatic carbocycles. The van der Waals surface area contributed by atoms with E-state index in [1.54, 1.807) is 0 Å². The summed E-state index contributed by atoms with van der Waals surface area (Å²) < 4.78 is 0. The van der Waals surface area contributed by atoms with Crippen molar-refractivity contribution in [1.29, 1.82) is 0 Å². The van der Waals surface area contributed by atoms with E-state index in [0.29, 0.717) is 0 Å². The minimum absolute atomic E-state index is 0.751. The third kappa shape index (κ3) is 2.10. The molecule has 0 aromatic rings. The van der Waals surface area contributed by atoms with Crippen molar-refractivity contribution in [2.75, 3.05) is 27.2 Å². The van der Waals surface area contributed by atoms with Gasteiger partial charge in [-0.05, 0) is 38.9 Å². The van der Waals surface area contributed by atoms with Crippen LogP contribution in [0.4, 0.5) is 0 Å². The smallest absolute Gasteiger partial charge is 0.0273 e. The zero-order valence-electron chi connectivity index (χ0n) is 6.88. The first-order valence-electron chi connectivity index (χ1n) is 3.93. The Hall–Kier alpha value is -0.370. The maximum Gasteiger partial charge on any atom is 0.0273 e. The molecule has 2 heteroatoms. The Kier molecular flexibility index (Phi) is 2.87. The summed E-state index contributed by atoms with van der Waals surface area (Å²) in [5, 5.41) is 0. The van der Waals surface area contributed by atoms with Crippen LogP contribution in [0.2, 0.25) is 0 Å². The molecule has 0 N–H and O–H groups in total. The molecule has 0 aliphatic carbocycles. The van der Waals surface area contributed by atoms with Gasteiger partial charge in [0, 0.05) is 13.3 Å². The summed E-state index contributed by atoms with van der Waals surface area (Å²) in [5.74, 6) is 0.751. The van der Waals surface area contributed by atoms with Crippen LogP contribution < -0.4 is 0 Å². The van der Waals surface area contributed by atoms with Crippen LogP contribution in [-0.2, 0) is 0 Å². The highest BCUT2D eigenvalue weighted by Gasteiger charge is 2.13. The van der Waals surface area contributed by atoms with Gasteiger partial charge >= 0.3 is 0 Å². The fourth-order valence-electron chi connectivity index (χ4n) is 1.39. The van der Waals surface area contributed by atoms with Crippen molar-refractivity contribution in [3.63, 3.8) is 0 Å². The molecule has 0 radical (unpaired) electrons. The van der Waals surface area contributed by atoms with Gasteiger partial charge in [-0.3, -0.25) is 0 Å². The molecule has 1 fully saturated rings. The predicted octanol–water partition coefficient (Wildman–Crippen LogP) is 1.03. The molecule has 0 amide bonds. The van der Waals surface area contributed by atoms with Gasteiger partial charge in [0.05, 0.1) is 0 Å². The summed E-state index contributed by atoms with van der Waals surface area (Å²) in [6.07, 6.45) is 4.66. The first kappa shape index (κ1) is 7.73. The molecule has 0 spiro atoms. The van der Waals surface area contributed by atoms with Crippen LogP contribution in [-0.4, -0.2) is 38.3 Å². The molecule has 1 heterocycles. The predicted molar refractivity (Wildman–Crippen MR) is 44.6 cm³/mol. The van der Waals surface area contributed by atoms with Crippen molar-refractivity contribution in [1.82, 2.24) is 4.90 Å². The standard InChI is InChI=1S/C8H16N2/c1-9-7-8-3-5-10(2)6-4-8/h7-8H,3-6H2,1-2H3. The van der Waals surface area contributed by atoms with Crippen molar-refractivity contribution < 1.29 is 0 Å².